The summed E-state index contributed by atoms with van der Waals surface area (Å²) in [5.74, 6) is 0.923. The average Bonchev–Trinajstić information content (AvgIpc) is 3.36. The molecule has 0 aliphatic heterocycles. The van der Waals surface area contributed by atoms with Gasteiger partial charge in [0, 0.05) is 26.5 Å². The number of hydrogen-bond donors (Lipinski definition) is 1. The van der Waals surface area contributed by atoms with Gasteiger partial charge in [0.15, 0.2) is 0 Å². The van der Waals surface area contributed by atoms with Crippen molar-refractivity contribution in [1.29, 1.82) is 0 Å². The third kappa shape index (κ3) is 3.53. The summed E-state index contributed by atoms with van der Waals surface area (Å²) < 4.78 is 0. The van der Waals surface area contributed by atoms with Gasteiger partial charge in [0.2, 0.25) is 5.95 Å². The van der Waals surface area contributed by atoms with Gasteiger partial charge in [-0.3, -0.25) is 9.78 Å². The van der Waals surface area contributed by atoms with Crippen LogP contribution in [0.4, 0.5) is 5.95 Å². The molecule has 1 aliphatic rings. The van der Waals surface area contributed by atoms with Crippen LogP contribution in [-0.4, -0.2) is 35.0 Å². The first-order chi connectivity index (χ1) is 11.5. The number of anilines is 1. The lowest BCUT2D eigenvalue weighted by atomic mass is 10.1. The summed E-state index contributed by atoms with van der Waals surface area (Å²) in [5, 5.41) is 3.13. The number of carbonyl (C=O) groups excluding carboxylic acids is 1. The molecule has 1 atom stereocenters. The van der Waals surface area contributed by atoms with Gasteiger partial charge >= 0.3 is 0 Å². The molecule has 0 radical (unpaired) electrons. The van der Waals surface area contributed by atoms with Gasteiger partial charge in [0.05, 0.1) is 23.0 Å². The summed E-state index contributed by atoms with van der Waals surface area (Å²) in [6, 6.07) is 3.96. The molecule has 0 spiro atoms. The Morgan fingerprint density at radius 1 is 1.29 bits per heavy atom. The van der Waals surface area contributed by atoms with Crippen LogP contribution >= 0.6 is 0 Å². The maximum Gasteiger partial charge on any atom is 0.255 e. The van der Waals surface area contributed by atoms with Gasteiger partial charge in [0.25, 0.3) is 5.91 Å². The van der Waals surface area contributed by atoms with E-state index in [1.165, 1.54) is 0 Å². The zero-order valence-electron chi connectivity index (χ0n) is 14.6. The Morgan fingerprint density at radius 3 is 2.62 bits per heavy atom. The van der Waals surface area contributed by atoms with E-state index in [0.29, 0.717) is 23.1 Å². The van der Waals surface area contributed by atoms with Crippen molar-refractivity contribution in [2.24, 2.45) is 5.92 Å². The van der Waals surface area contributed by atoms with Gasteiger partial charge in [-0.15, -0.1) is 0 Å². The molecule has 1 aliphatic carbocycles. The minimum atomic E-state index is -0.141. The molecule has 1 saturated carbocycles. The van der Waals surface area contributed by atoms with Crippen molar-refractivity contribution in [2.75, 3.05) is 19.0 Å². The highest BCUT2D eigenvalue weighted by Gasteiger charge is 2.34. The molecule has 0 saturated heterocycles. The number of nitrogens with zero attached hydrogens (tertiary/aromatic N) is 4. The minimum Gasteiger partial charge on any atom is -0.347 e. The van der Waals surface area contributed by atoms with Crippen LogP contribution in [0.15, 0.2) is 24.5 Å². The van der Waals surface area contributed by atoms with Crippen molar-refractivity contribution in [3.8, 4) is 0 Å². The molecule has 2 aromatic heterocycles. The van der Waals surface area contributed by atoms with Crippen molar-refractivity contribution in [2.45, 2.75) is 32.7 Å². The highest BCUT2D eigenvalue weighted by Crippen LogP contribution is 2.40. The predicted octanol–water partition coefficient (Wildman–Crippen LogP) is 2.44. The third-order valence-corrected chi connectivity index (χ3v) is 4.25. The number of carbonyl (C=O) groups is 1. The monoisotopic (exact) mass is 325 g/mol. The summed E-state index contributed by atoms with van der Waals surface area (Å²) in [7, 11) is 3.75. The van der Waals surface area contributed by atoms with Crippen LogP contribution < -0.4 is 10.2 Å². The number of aromatic nitrogens is 3. The topological polar surface area (TPSA) is 71.0 Å². The zero-order valence-corrected chi connectivity index (χ0v) is 14.6. The van der Waals surface area contributed by atoms with Crippen LogP contribution in [0, 0.1) is 19.8 Å². The molecule has 0 bridgehead atoms. The number of aryl methyl sites for hydroxylation is 2. The molecular formula is C18H23N5O. The second-order valence-electron chi connectivity index (χ2n) is 6.61. The Balaban J connectivity index is 1.82. The average molecular weight is 325 g/mol. The van der Waals surface area contributed by atoms with Crippen molar-refractivity contribution >= 4 is 11.9 Å². The van der Waals surface area contributed by atoms with Gasteiger partial charge < -0.3 is 10.2 Å². The van der Waals surface area contributed by atoms with E-state index >= 15 is 0 Å². The van der Waals surface area contributed by atoms with Gasteiger partial charge in [0.1, 0.15) is 0 Å². The number of nitrogens with one attached hydrogen (secondary N) is 1. The number of amides is 1. The fraction of sp³-hybridized carbons (Fsp3) is 0.444. The van der Waals surface area contributed by atoms with E-state index in [1.807, 2.05) is 45.0 Å². The quantitative estimate of drug-likeness (QED) is 0.914. The molecule has 6 heteroatoms. The molecule has 2 heterocycles. The van der Waals surface area contributed by atoms with E-state index in [9.17, 15) is 4.79 Å². The largest absolute Gasteiger partial charge is 0.347 e. The Kier molecular flexibility index (Phi) is 4.46. The van der Waals surface area contributed by atoms with Crippen molar-refractivity contribution in [3.63, 3.8) is 0 Å². The first-order valence-electron chi connectivity index (χ1n) is 8.20. The lowest BCUT2D eigenvalue weighted by Crippen LogP contribution is -2.31. The molecule has 1 amide bonds. The number of hydrogen-bond acceptors (Lipinski definition) is 5. The van der Waals surface area contributed by atoms with Crippen molar-refractivity contribution in [3.05, 3.63) is 47.0 Å². The highest BCUT2D eigenvalue weighted by atomic mass is 16.1. The first kappa shape index (κ1) is 16.4. The molecule has 0 unspecified atom stereocenters. The Bertz CT molecular complexity index is 755. The van der Waals surface area contributed by atoms with E-state index in [0.717, 1.165) is 24.1 Å². The number of rotatable bonds is 5. The fourth-order valence-electron chi connectivity index (χ4n) is 2.70. The third-order valence-electron chi connectivity index (χ3n) is 4.25. The van der Waals surface area contributed by atoms with Crippen molar-refractivity contribution in [1.82, 2.24) is 20.3 Å². The van der Waals surface area contributed by atoms with E-state index in [2.05, 4.69) is 20.3 Å². The Labute approximate surface area is 142 Å². The zero-order chi connectivity index (χ0) is 17.3. The van der Waals surface area contributed by atoms with E-state index in [4.69, 9.17) is 0 Å². The van der Waals surface area contributed by atoms with Gasteiger partial charge in [-0.2, -0.15) is 0 Å². The second kappa shape index (κ2) is 6.55. The van der Waals surface area contributed by atoms with Gasteiger partial charge in [-0.1, -0.05) is 0 Å². The van der Waals surface area contributed by atoms with Crippen LogP contribution in [0.1, 0.15) is 46.2 Å². The summed E-state index contributed by atoms with van der Waals surface area (Å²) >= 11 is 0. The summed E-state index contributed by atoms with van der Waals surface area (Å²) in [4.78, 5) is 27.6. The van der Waals surface area contributed by atoms with Gasteiger partial charge in [-0.25, -0.2) is 9.97 Å². The second-order valence-corrected chi connectivity index (χ2v) is 6.61. The van der Waals surface area contributed by atoms with Crippen LogP contribution in [0.2, 0.25) is 0 Å². The molecule has 3 rings (SSSR count). The van der Waals surface area contributed by atoms with Crippen LogP contribution in [0.25, 0.3) is 0 Å². The summed E-state index contributed by atoms with van der Waals surface area (Å²) in [6.07, 6.45) is 5.64. The van der Waals surface area contributed by atoms with E-state index < -0.39 is 0 Å². The maximum atomic E-state index is 12.7. The van der Waals surface area contributed by atoms with Crippen LogP contribution in [-0.2, 0) is 0 Å². The first-order valence-corrected chi connectivity index (χ1v) is 8.20. The SMILES string of the molecule is Cc1ccnc([C@H](NC(=O)c2cnc(N(C)C)nc2C)C2CC2)c1. The maximum absolute atomic E-state index is 12.7. The van der Waals surface area contributed by atoms with E-state index in [-0.39, 0.29) is 11.9 Å². The molecule has 24 heavy (non-hydrogen) atoms. The molecule has 2 aromatic rings. The molecule has 126 valence electrons. The lowest BCUT2D eigenvalue weighted by molar-refractivity contribution is 0.0929. The molecule has 1 fully saturated rings. The lowest BCUT2D eigenvalue weighted by Gasteiger charge is -2.19. The van der Waals surface area contributed by atoms with Crippen LogP contribution in [0.3, 0.4) is 0 Å². The van der Waals surface area contributed by atoms with Crippen LogP contribution in [0.5, 0.6) is 0 Å². The smallest absolute Gasteiger partial charge is 0.255 e. The van der Waals surface area contributed by atoms with Crippen molar-refractivity contribution < 1.29 is 4.79 Å². The normalized spacial score (nSPS) is 15.0. The minimum absolute atomic E-state index is 0.0506. The standard InChI is InChI=1S/C18H23N5O/c1-11-7-8-19-15(9-11)16(13-5-6-13)22-17(24)14-10-20-18(23(3)4)21-12(14)2/h7-10,13,16H,5-6H2,1-4H3,(H,22,24)/t16-/m1/s1. The Morgan fingerprint density at radius 2 is 2.04 bits per heavy atom. The Hall–Kier alpha value is -2.50. The van der Waals surface area contributed by atoms with E-state index in [1.54, 1.807) is 12.4 Å². The van der Waals surface area contributed by atoms with Gasteiger partial charge in [-0.05, 0) is 50.3 Å². The molecule has 0 aromatic carbocycles. The predicted molar refractivity (Wildman–Crippen MR) is 93.0 cm³/mol. The summed E-state index contributed by atoms with van der Waals surface area (Å²) in [5.41, 5.74) is 3.26. The highest BCUT2D eigenvalue weighted by molar-refractivity contribution is 5.95. The fourth-order valence-corrected chi connectivity index (χ4v) is 2.70. The molecular weight excluding hydrogens is 302 g/mol. The summed E-state index contributed by atoms with van der Waals surface area (Å²) in [6.45, 7) is 3.87. The molecule has 1 N–H and O–H groups in total. The number of pyridine rings is 1. The molecule has 6 nitrogen and oxygen atoms in total.